The highest BCUT2D eigenvalue weighted by Crippen LogP contribution is 2.32. The molecule has 0 radical (unpaired) electrons. The van der Waals surface area contributed by atoms with Gasteiger partial charge in [-0.25, -0.2) is 9.50 Å². The van der Waals surface area contributed by atoms with Crippen molar-refractivity contribution in [3.05, 3.63) is 33.9 Å². The van der Waals surface area contributed by atoms with Crippen LogP contribution in [0.15, 0.2) is 16.9 Å². The fourth-order valence-electron chi connectivity index (χ4n) is 3.89. The zero-order valence-electron chi connectivity index (χ0n) is 14.5. The van der Waals surface area contributed by atoms with Crippen LogP contribution < -0.4 is 5.56 Å². The van der Waals surface area contributed by atoms with Crippen molar-refractivity contribution in [3.63, 3.8) is 0 Å². The fraction of sp³-hybridized carbons (Fsp3) is 0.611. The summed E-state index contributed by atoms with van der Waals surface area (Å²) >= 11 is 0. The highest BCUT2D eigenvalue weighted by atomic mass is 16.5. The first-order valence-electron chi connectivity index (χ1n) is 9.17. The average Bonchev–Trinajstić information content (AvgIpc) is 3.31. The molecule has 4 heterocycles. The molecule has 25 heavy (non-hydrogen) atoms. The number of likely N-dealkylation sites (tertiary alicyclic amines) is 1. The lowest BCUT2D eigenvalue weighted by molar-refractivity contribution is -0.139. The van der Waals surface area contributed by atoms with Gasteiger partial charge in [-0.3, -0.25) is 14.7 Å². The second-order valence-electron chi connectivity index (χ2n) is 6.95. The van der Waals surface area contributed by atoms with Crippen LogP contribution in [0.3, 0.4) is 0 Å². The van der Waals surface area contributed by atoms with Gasteiger partial charge in [-0.1, -0.05) is 6.92 Å². The molecule has 2 aromatic rings. The maximum Gasteiger partial charge on any atom is 0.272 e. The van der Waals surface area contributed by atoms with Crippen LogP contribution in [0, 0.1) is 5.92 Å². The lowest BCUT2D eigenvalue weighted by Crippen LogP contribution is -2.42. The van der Waals surface area contributed by atoms with E-state index in [2.05, 4.69) is 10.1 Å². The van der Waals surface area contributed by atoms with Crippen molar-refractivity contribution < 1.29 is 9.53 Å². The van der Waals surface area contributed by atoms with Gasteiger partial charge in [-0.2, -0.15) is 0 Å². The fourth-order valence-corrected chi connectivity index (χ4v) is 3.89. The Kier molecular flexibility index (Phi) is 4.33. The third kappa shape index (κ3) is 2.97. The molecule has 7 nitrogen and oxygen atoms in total. The number of H-pyrrole nitrogens is 1. The molecule has 0 unspecified atom stereocenters. The molecule has 0 aromatic carbocycles. The molecule has 7 heteroatoms. The topological polar surface area (TPSA) is 79.7 Å². The molecule has 2 aromatic heterocycles. The monoisotopic (exact) mass is 344 g/mol. The van der Waals surface area contributed by atoms with Gasteiger partial charge in [0.15, 0.2) is 5.65 Å². The molecule has 0 saturated carbocycles. The quantitative estimate of drug-likeness (QED) is 0.919. The van der Waals surface area contributed by atoms with Crippen LogP contribution in [0.4, 0.5) is 0 Å². The molecule has 2 aliphatic heterocycles. The first kappa shape index (κ1) is 16.3. The van der Waals surface area contributed by atoms with Gasteiger partial charge in [-0.15, -0.1) is 0 Å². The van der Waals surface area contributed by atoms with E-state index in [9.17, 15) is 9.59 Å². The number of aryl methyl sites for hydroxylation is 1. The lowest BCUT2D eigenvalue weighted by Gasteiger charge is -2.36. The van der Waals surface area contributed by atoms with Crippen LogP contribution in [0.2, 0.25) is 0 Å². The maximum atomic E-state index is 12.9. The number of amides is 1. The van der Waals surface area contributed by atoms with Gasteiger partial charge < -0.3 is 9.64 Å². The third-order valence-corrected chi connectivity index (χ3v) is 5.31. The summed E-state index contributed by atoms with van der Waals surface area (Å²) in [4.78, 5) is 31.7. The number of fused-ring (bicyclic) bond motifs is 1. The summed E-state index contributed by atoms with van der Waals surface area (Å²) in [5.74, 6) is 0.146. The van der Waals surface area contributed by atoms with Crippen molar-refractivity contribution in [1.82, 2.24) is 19.5 Å². The van der Waals surface area contributed by atoms with Crippen LogP contribution in [0.1, 0.15) is 50.0 Å². The second-order valence-corrected chi connectivity index (χ2v) is 6.95. The van der Waals surface area contributed by atoms with Crippen molar-refractivity contribution >= 4 is 11.6 Å². The number of aromatic amines is 1. The molecule has 2 aliphatic rings. The van der Waals surface area contributed by atoms with Crippen LogP contribution in [0.5, 0.6) is 0 Å². The van der Waals surface area contributed by atoms with Gasteiger partial charge >= 0.3 is 0 Å². The van der Waals surface area contributed by atoms with Crippen LogP contribution in [-0.2, 0) is 16.0 Å². The predicted octanol–water partition coefficient (Wildman–Crippen LogP) is 1.68. The van der Waals surface area contributed by atoms with E-state index in [1.54, 1.807) is 6.07 Å². The predicted molar refractivity (Wildman–Crippen MR) is 92.4 cm³/mol. The van der Waals surface area contributed by atoms with Gasteiger partial charge in [0.1, 0.15) is 0 Å². The number of carbonyl (C=O) groups excluding carboxylic acids is 1. The van der Waals surface area contributed by atoms with Crippen LogP contribution >= 0.6 is 0 Å². The first-order chi connectivity index (χ1) is 12.2. The minimum Gasteiger partial charge on any atom is -0.381 e. The first-order valence-corrected chi connectivity index (χ1v) is 9.17. The van der Waals surface area contributed by atoms with Gasteiger partial charge in [0.05, 0.1) is 24.3 Å². The SMILES string of the molecule is CCc1cc(=O)n2[nH]c([C@H]3CCCCN3C(=O)[C@H]3CCOC3)cc2n1. The Labute approximate surface area is 146 Å². The maximum absolute atomic E-state index is 12.9. The molecular weight excluding hydrogens is 320 g/mol. The highest BCUT2D eigenvalue weighted by Gasteiger charge is 2.35. The van der Waals surface area contributed by atoms with Crippen molar-refractivity contribution in [2.75, 3.05) is 19.8 Å². The summed E-state index contributed by atoms with van der Waals surface area (Å²) < 4.78 is 6.87. The van der Waals surface area contributed by atoms with Crippen molar-refractivity contribution in [3.8, 4) is 0 Å². The summed E-state index contributed by atoms with van der Waals surface area (Å²) in [6.45, 7) is 3.94. The molecular formula is C18H24N4O3. The Morgan fingerprint density at radius 3 is 3.00 bits per heavy atom. The van der Waals surface area contributed by atoms with E-state index in [-0.39, 0.29) is 23.4 Å². The standard InChI is InChI=1S/C18H24N4O3/c1-2-13-9-17(23)22-16(19-13)10-14(20-22)15-5-3-4-7-21(15)18(24)12-6-8-25-11-12/h9-10,12,15,20H,2-8,11H2,1H3/t12-,15+/m0/s1. The summed E-state index contributed by atoms with van der Waals surface area (Å²) in [5, 5.41) is 3.18. The van der Waals surface area contributed by atoms with E-state index < -0.39 is 0 Å². The number of rotatable bonds is 3. The van der Waals surface area contributed by atoms with Gasteiger partial charge in [-0.05, 0) is 32.1 Å². The number of hydrogen-bond donors (Lipinski definition) is 1. The smallest absolute Gasteiger partial charge is 0.272 e. The normalized spacial score (nSPS) is 24.1. The van der Waals surface area contributed by atoms with Gasteiger partial charge in [0.25, 0.3) is 5.56 Å². The lowest BCUT2D eigenvalue weighted by atomic mass is 9.96. The molecule has 2 saturated heterocycles. The van der Waals surface area contributed by atoms with E-state index in [1.165, 1.54) is 4.52 Å². The Balaban J connectivity index is 1.68. The molecule has 2 atom stereocenters. The number of nitrogens with one attached hydrogen (secondary N) is 1. The average molecular weight is 344 g/mol. The van der Waals surface area contributed by atoms with Crippen molar-refractivity contribution in [2.45, 2.75) is 45.1 Å². The number of nitrogens with zero attached hydrogens (tertiary/aromatic N) is 3. The Hall–Kier alpha value is -2.15. The highest BCUT2D eigenvalue weighted by molar-refractivity contribution is 5.79. The van der Waals surface area contributed by atoms with Crippen molar-refractivity contribution in [2.24, 2.45) is 5.92 Å². The van der Waals surface area contributed by atoms with E-state index in [1.807, 2.05) is 17.9 Å². The number of aromatic nitrogens is 3. The molecule has 4 rings (SSSR count). The van der Waals surface area contributed by atoms with Crippen molar-refractivity contribution in [1.29, 1.82) is 0 Å². The molecule has 0 spiro atoms. The summed E-state index contributed by atoms with van der Waals surface area (Å²) in [7, 11) is 0. The third-order valence-electron chi connectivity index (χ3n) is 5.31. The minimum atomic E-state index is -0.106. The molecule has 0 bridgehead atoms. The zero-order valence-corrected chi connectivity index (χ0v) is 14.5. The number of piperidine rings is 1. The Morgan fingerprint density at radius 1 is 1.36 bits per heavy atom. The second kappa shape index (κ2) is 6.63. The van der Waals surface area contributed by atoms with E-state index in [0.717, 1.165) is 50.0 Å². The Bertz CT molecular complexity index is 834. The van der Waals surface area contributed by atoms with Crippen LogP contribution in [-0.4, -0.2) is 45.2 Å². The molecule has 1 N–H and O–H groups in total. The van der Waals surface area contributed by atoms with E-state index in [4.69, 9.17) is 4.74 Å². The summed E-state index contributed by atoms with van der Waals surface area (Å²) in [6.07, 6.45) is 4.53. The largest absolute Gasteiger partial charge is 0.381 e. The summed E-state index contributed by atoms with van der Waals surface area (Å²) in [6, 6.07) is 3.46. The Morgan fingerprint density at radius 2 is 2.24 bits per heavy atom. The molecule has 2 fully saturated rings. The number of hydrogen-bond acceptors (Lipinski definition) is 4. The zero-order chi connectivity index (χ0) is 17.4. The molecule has 134 valence electrons. The van der Waals surface area contributed by atoms with Crippen LogP contribution in [0.25, 0.3) is 5.65 Å². The number of carbonyl (C=O) groups is 1. The van der Waals surface area contributed by atoms with Gasteiger partial charge in [0.2, 0.25) is 5.91 Å². The van der Waals surface area contributed by atoms with E-state index >= 15 is 0 Å². The van der Waals surface area contributed by atoms with Gasteiger partial charge in [0, 0.05) is 31.0 Å². The number of ether oxygens (including phenoxy) is 1. The molecule has 1 amide bonds. The minimum absolute atomic E-state index is 0.0203. The molecule has 0 aliphatic carbocycles. The van der Waals surface area contributed by atoms with E-state index in [0.29, 0.717) is 18.9 Å². The summed E-state index contributed by atoms with van der Waals surface area (Å²) in [5.41, 5.74) is 2.20.